The second-order valence-electron chi connectivity index (χ2n) is 7.45. The Bertz CT molecular complexity index is 743. The highest BCUT2D eigenvalue weighted by molar-refractivity contribution is 5.62. The van der Waals surface area contributed by atoms with Crippen LogP contribution in [0.4, 0.5) is 4.39 Å². The van der Waals surface area contributed by atoms with Crippen molar-refractivity contribution in [1.82, 2.24) is 24.9 Å². The molecule has 26 heavy (non-hydrogen) atoms. The van der Waals surface area contributed by atoms with Gasteiger partial charge in [-0.3, -0.25) is 14.9 Å². The smallest absolute Gasteiger partial charge is 0.123 e. The molecule has 4 rings (SSSR count). The van der Waals surface area contributed by atoms with E-state index in [-0.39, 0.29) is 18.0 Å². The van der Waals surface area contributed by atoms with E-state index in [1.165, 1.54) is 12.1 Å². The van der Waals surface area contributed by atoms with E-state index in [4.69, 9.17) is 0 Å². The molecule has 2 atom stereocenters. The van der Waals surface area contributed by atoms with Crippen molar-refractivity contribution in [2.45, 2.75) is 18.7 Å². The summed E-state index contributed by atoms with van der Waals surface area (Å²) in [5.41, 5.74) is 2.68. The van der Waals surface area contributed by atoms with Gasteiger partial charge in [0, 0.05) is 63.0 Å². The van der Waals surface area contributed by atoms with Gasteiger partial charge in [-0.2, -0.15) is 5.10 Å². The molecule has 1 aromatic carbocycles. The Balaban J connectivity index is 1.44. The number of β-amino-alcohol motifs (C(OH)–C–C–N with tert-alkyl or cyclic N) is 1. The molecule has 140 valence electrons. The number of aromatic amines is 1. The molecule has 3 heterocycles. The van der Waals surface area contributed by atoms with Crippen molar-refractivity contribution in [2.75, 3.05) is 46.3 Å². The third kappa shape index (κ3) is 3.66. The number of aromatic nitrogens is 2. The molecule has 0 amide bonds. The van der Waals surface area contributed by atoms with Crippen LogP contribution in [0, 0.1) is 5.82 Å². The van der Waals surface area contributed by atoms with E-state index in [0.717, 1.165) is 49.5 Å². The lowest BCUT2D eigenvalue weighted by atomic mass is 10.1. The second-order valence-corrected chi connectivity index (χ2v) is 7.45. The monoisotopic (exact) mass is 359 g/mol. The third-order valence-electron chi connectivity index (χ3n) is 5.57. The minimum absolute atomic E-state index is 0.188. The molecule has 2 saturated heterocycles. The van der Waals surface area contributed by atoms with E-state index in [9.17, 15) is 9.50 Å². The number of halogens is 1. The number of likely N-dealkylation sites (N-methyl/N-ethyl adjacent to an activating group) is 1. The van der Waals surface area contributed by atoms with Gasteiger partial charge in [0.2, 0.25) is 0 Å². The fourth-order valence-corrected chi connectivity index (χ4v) is 4.05. The summed E-state index contributed by atoms with van der Waals surface area (Å²) in [7, 11) is 2.14. The molecule has 2 aromatic rings. The zero-order valence-electron chi connectivity index (χ0n) is 15.1. The lowest BCUT2D eigenvalue weighted by Crippen LogP contribution is -2.52. The van der Waals surface area contributed by atoms with Crippen LogP contribution >= 0.6 is 0 Å². The Hall–Kier alpha value is -1.80. The fourth-order valence-electron chi connectivity index (χ4n) is 4.05. The summed E-state index contributed by atoms with van der Waals surface area (Å²) in [6.45, 7) is 6.31. The van der Waals surface area contributed by atoms with Gasteiger partial charge in [-0.1, -0.05) is 12.1 Å². The lowest BCUT2D eigenvalue weighted by Gasteiger charge is -2.37. The number of aliphatic hydroxyl groups excluding tert-OH is 1. The van der Waals surface area contributed by atoms with Gasteiger partial charge in [0.25, 0.3) is 0 Å². The average molecular weight is 359 g/mol. The molecule has 2 fully saturated rings. The Morgan fingerprint density at radius 3 is 2.81 bits per heavy atom. The van der Waals surface area contributed by atoms with Gasteiger partial charge in [0.1, 0.15) is 5.82 Å². The number of benzene rings is 1. The van der Waals surface area contributed by atoms with Crippen LogP contribution in [0.15, 0.2) is 30.5 Å². The summed E-state index contributed by atoms with van der Waals surface area (Å²) in [6, 6.07) is 6.73. The van der Waals surface area contributed by atoms with Gasteiger partial charge in [0.15, 0.2) is 0 Å². The third-order valence-corrected chi connectivity index (χ3v) is 5.57. The van der Waals surface area contributed by atoms with E-state index < -0.39 is 0 Å². The summed E-state index contributed by atoms with van der Waals surface area (Å²) >= 11 is 0. The van der Waals surface area contributed by atoms with Crippen molar-refractivity contribution in [2.24, 2.45) is 0 Å². The van der Waals surface area contributed by atoms with Crippen LogP contribution in [0.25, 0.3) is 11.3 Å². The maximum atomic E-state index is 13.5. The van der Waals surface area contributed by atoms with Crippen molar-refractivity contribution in [3.63, 3.8) is 0 Å². The van der Waals surface area contributed by atoms with Crippen molar-refractivity contribution in [3.05, 3.63) is 41.8 Å². The molecular formula is C19H26FN5O. The standard InChI is InChI=1S/C19H26FN5O/c1-23-5-7-25(8-6-23)17-12-24(13-18(17)26)11-15-10-21-22-19(15)14-3-2-4-16(20)9-14/h2-4,9-10,17-18,26H,5-8,11-13H2,1H3,(H,21,22)/t17-,18-/m0/s1. The van der Waals surface area contributed by atoms with Crippen molar-refractivity contribution in [3.8, 4) is 11.3 Å². The number of rotatable bonds is 4. The highest BCUT2D eigenvalue weighted by Crippen LogP contribution is 2.25. The van der Waals surface area contributed by atoms with Crippen molar-refractivity contribution >= 4 is 0 Å². The number of nitrogens with zero attached hydrogens (tertiary/aromatic N) is 4. The largest absolute Gasteiger partial charge is 0.390 e. The predicted molar refractivity (Wildman–Crippen MR) is 98.1 cm³/mol. The Labute approximate surface area is 153 Å². The van der Waals surface area contributed by atoms with Gasteiger partial charge in [-0.15, -0.1) is 0 Å². The molecule has 6 nitrogen and oxygen atoms in total. The first-order valence-corrected chi connectivity index (χ1v) is 9.21. The van der Waals surface area contributed by atoms with Crippen LogP contribution in [0.5, 0.6) is 0 Å². The maximum absolute atomic E-state index is 13.5. The minimum Gasteiger partial charge on any atom is -0.390 e. The molecule has 0 saturated carbocycles. The number of nitrogens with one attached hydrogen (secondary N) is 1. The van der Waals surface area contributed by atoms with Crippen LogP contribution in [-0.2, 0) is 6.54 Å². The van der Waals surface area contributed by atoms with E-state index in [0.29, 0.717) is 13.1 Å². The number of likely N-dealkylation sites (tertiary alicyclic amines) is 1. The van der Waals surface area contributed by atoms with Crippen LogP contribution < -0.4 is 0 Å². The van der Waals surface area contributed by atoms with Gasteiger partial charge < -0.3 is 10.0 Å². The molecule has 7 heteroatoms. The summed E-state index contributed by atoms with van der Waals surface area (Å²) in [4.78, 5) is 7.00. The first-order chi connectivity index (χ1) is 12.6. The highest BCUT2D eigenvalue weighted by Gasteiger charge is 2.36. The zero-order chi connectivity index (χ0) is 18.1. The maximum Gasteiger partial charge on any atom is 0.123 e. The normalized spacial score (nSPS) is 25.8. The SMILES string of the molecule is CN1CCN([C@H]2CN(Cc3cn[nH]c3-c3cccc(F)c3)C[C@@H]2O)CC1. The van der Waals surface area contributed by atoms with Crippen LogP contribution in [0.3, 0.4) is 0 Å². The molecule has 0 spiro atoms. The minimum atomic E-state index is -0.331. The van der Waals surface area contributed by atoms with Gasteiger partial charge in [-0.25, -0.2) is 4.39 Å². The molecule has 2 aliphatic heterocycles. The van der Waals surface area contributed by atoms with E-state index in [1.807, 2.05) is 6.07 Å². The number of H-pyrrole nitrogens is 1. The van der Waals surface area contributed by atoms with Crippen molar-refractivity contribution in [1.29, 1.82) is 0 Å². The molecule has 2 N–H and O–H groups in total. The van der Waals surface area contributed by atoms with Crippen molar-refractivity contribution < 1.29 is 9.50 Å². The number of hydrogen-bond donors (Lipinski definition) is 2. The number of aliphatic hydroxyl groups is 1. The van der Waals surface area contributed by atoms with Crippen LogP contribution in [0.1, 0.15) is 5.56 Å². The second kappa shape index (κ2) is 7.44. The lowest BCUT2D eigenvalue weighted by molar-refractivity contribution is 0.0512. The van der Waals surface area contributed by atoms with E-state index >= 15 is 0 Å². The van der Waals surface area contributed by atoms with Crippen LogP contribution in [0.2, 0.25) is 0 Å². The summed E-state index contributed by atoms with van der Waals surface area (Å²) < 4.78 is 13.5. The molecular weight excluding hydrogens is 333 g/mol. The molecule has 2 aliphatic rings. The predicted octanol–water partition coefficient (Wildman–Crippen LogP) is 1.01. The summed E-state index contributed by atoms with van der Waals surface area (Å²) in [5, 5.41) is 17.7. The highest BCUT2D eigenvalue weighted by atomic mass is 19.1. The summed E-state index contributed by atoms with van der Waals surface area (Å²) in [5.74, 6) is -0.255. The Morgan fingerprint density at radius 2 is 2.04 bits per heavy atom. The first kappa shape index (κ1) is 17.6. The average Bonchev–Trinajstić information content (AvgIpc) is 3.22. The molecule has 0 aliphatic carbocycles. The first-order valence-electron chi connectivity index (χ1n) is 9.21. The Kier molecular flexibility index (Phi) is 5.04. The topological polar surface area (TPSA) is 58.6 Å². The molecule has 0 bridgehead atoms. The van der Waals surface area contributed by atoms with Gasteiger partial charge >= 0.3 is 0 Å². The van der Waals surface area contributed by atoms with E-state index in [1.54, 1.807) is 12.3 Å². The quantitative estimate of drug-likeness (QED) is 0.853. The number of piperazine rings is 1. The zero-order valence-corrected chi connectivity index (χ0v) is 15.1. The number of hydrogen-bond acceptors (Lipinski definition) is 5. The molecule has 0 radical (unpaired) electrons. The van der Waals surface area contributed by atoms with Crippen LogP contribution in [-0.4, -0.2) is 88.5 Å². The fraction of sp³-hybridized carbons (Fsp3) is 0.526. The Morgan fingerprint density at radius 1 is 1.23 bits per heavy atom. The van der Waals surface area contributed by atoms with Gasteiger partial charge in [0.05, 0.1) is 18.0 Å². The summed E-state index contributed by atoms with van der Waals surface area (Å²) in [6.07, 6.45) is 1.47. The molecule has 0 unspecified atom stereocenters. The molecule has 1 aromatic heterocycles. The van der Waals surface area contributed by atoms with Gasteiger partial charge in [-0.05, 0) is 19.2 Å². The van der Waals surface area contributed by atoms with E-state index in [2.05, 4.69) is 31.9 Å².